The van der Waals surface area contributed by atoms with Gasteiger partial charge in [-0.15, -0.1) is 0 Å². The Morgan fingerprint density at radius 1 is 1.11 bits per heavy atom. The molecular formula is C27H25ClN4O4. The summed E-state index contributed by atoms with van der Waals surface area (Å²) < 4.78 is 7.66. The SMILES string of the molecule is O=C(O)CC1CC2(C1)CC(NC(=O)c1ccc(Cl)c3cnn(Cc4cnc(-c5ccccc5)o4)c13)C2. The Morgan fingerprint density at radius 2 is 1.89 bits per heavy atom. The van der Waals surface area contributed by atoms with Gasteiger partial charge in [0.15, 0.2) is 0 Å². The zero-order valence-electron chi connectivity index (χ0n) is 19.5. The minimum absolute atomic E-state index is 0.0908. The number of aromatic nitrogens is 3. The maximum Gasteiger partial charge on any atom is 0.303 e. The van der Waals surface area contributed by atoms with Crippen LogP contribution in [0.2, 0.25) is 5.02 Å². The summed E-state index contributed by atoms with van der Waals surface area (Å²) in [6.07, 6.45) is 7.24. The highest BCUT2D eigenvalue weighted by atomic mass is 35.5. The summed E-state index contributed by atoms with van der Waals surface area (Å²) in [6.45, 7) is 0.307. The lowest BCUT2D eigenvalue weighted by Gasteiger charge is -2.57. The molecule has 9 heteroatoms. The zero-order valence-corrected chi connectivity index (χ0v) is 20.2. The van der Waals surface area contributed by atoms with Crippen molar-refractivity contribution in [3.8, 4) is 11.5 Å². The topological polar surface area (TPSA) is 110 Å². The highest BCUT2D eigenvalue weighted by Gasteiger charge is 2.53. The van der Waals surface area contributed by atoms with Crippen molar-refractivity contribution in [3.63, 3.8) is 0 Å². The van der Waals surface area contributed by atoms with Crippen molar-refractivity contribution in [1.29, 1.82) is 0 Å². The number of nitrogens with one attached hydrogen (secondary N) is 1. The van der Waals surface area contributed by atoms with Crippen LogP contribution in [-0.2, 0) is 11.3 Å². The van der Waals surface area contributed by atoms with E-state index in [2.05, 4.69) is 15.4 Å². The fraction of sp³-hybridized carbons (Fsp3) is 0.333. The van der Waals surface area contributed by atoms with Crippen LogP contribution in [0.15, 0.2) is 59.3 Å². The van der Waals surface area contributed by atoms with Gasteiger partial charge < -0.3 is 14.8 Å². The lowest BCUT2D eigenvalue weighted by molar-refractivity contribution is -0.142. The Labute approximate surface area is 212 Å². The summed E-state index contributed by atoms with van der Waals surface area (Å²) in [6, 6.07) is 13.2. The third kappa shape index (κ3) is 4.15. The molecule has 1 spiro atoms. The molecule has 0 radical (unpaired) electrons. The monoisotopic (exact) mass is 504 g/mol. The predicted octanol–water partition coefficient (Wildman–Crippen LogP) is 5.16. The van der Waals surface area contributed by atoms with Crippen LogP contribution in [0.1, 0.15) is 48.2 Å². The van der Waals surface area contributed by atoms with Gasteiger partial charge in [0.05, 0.1) is 28.5 Å². The van der Waals surface area contributed by atoms with Crippen LogP contribution in [0.25, 0.3) is 22.4 Å². The number of carbonyl (C=O) groups is 2. The molecule has 2 aromatic heterocycles. The van der Waals surface area contributed by atoms with Gasteiger partial charge in [0.2, 0.25) is 5.89 Å². The van der Waals surface area contributed by atoms with Crippen LogP contribution < -0.4 is 5.32 Å². The van der Waals surface area contributed by atoms with Crippen molar-refractivity contribution >= 4 is 34.4 Å². The van der Waals surface area contributed by atoms with Gasteiger partial charge in [0, 0.05) is 23.4 Å². The average Bonchev–Trinajstić information content (AvgIpc) is 3.45. The van der Waals surface area contributed by atoms with Crippen molar-refractivity contribution in [2.45, 2.75) is 44.7 Å². The van der Waals surface area contributed by atoms with Crippen molar-refractivity contribution in [2.75, 3.05) is 0 Å². The van der Waals surface area contributed by atoms with Gasteiger partial charge in [-0.3, -0.25) is 14.3 Å². The van der Waals surface area contributed by atoms with Crippen LogP contribution in [-0.4, -0.2) is 37.8 Å². The van der Waals surface area contributed by atoms with Gasteiger partial charge in [0.25, 0.3) is 5.91 Å². The van der Waals surface area contributed by atoms with E-state index in [1.165, 1.54) is 0 Å². The van der Waals surface area contributed by atoms with Gasteiger partial charge in [-0.25, -0.2) is 4.98 Å². The molecule has 184 valence electrons. The molecule has 2 fully saturated rings. The number of aliphatic carboxylic acids is 1. The number of carboxylic acid groups (broad SMARTS) is 1. The normalized spacial score (nSPS) is 22.8. The lowest BCUT2D eigenvalue weighted by atomic mass is 9.49. The Morgan fingerprint density at radius 3 is 2.64 bits per heavy atom. The number of hydrogen-bond donors (Lipinski definition) is 2. The van der Waals surface area contributed by atoms with E-state index in [0.29, 0.717) is 39.7 Å². The number of rotatable bonds is 7. The van der Waals surface area contributed by atoms with Crippen molar-refractivity contribution in [2.24, 2.45) is 11.3 Å². The van der Waals surface area contributed by atoms with E-state index in [0.717, 1.165) is 31.2 Å². The summed E-state index contributed by atoms with van der Waals surface area (Å²) in [4.78, 5) is 28.6. The smallest absolute Gasteiger partial charge is 0.303 e. The molecule has 2 aliphatic rings. The minimum Gasteiger partial charge on any atom is -0.481 e. The van der Waals surface area contributed by atoms with Gasteiger partial charge >= 0.3 is 5.97 Å². The Balaban J connectivity index is 1.18. The molecule has 0 unspecified atom stereocenters. The first-order chi connectivity index (χ1) is 17.4. The second-order valence-electron chi connectivity index (χ2n) is 10.1. The van der Waals surface area contributed by atoms with E-state index in [-0.39, 0.29) is 29.7 Å². The Bertz CT molecular complexity index is 1450. The quantitative estimate of drug-likeness (QED) is 0.360. The third-order valence-electron chi connectivity index (χ3n) is 7.47. The number of carboxylic acids is 1. The molecule has 2 heterocycles. The largest absolute Gasteiger partial charge is 0.481 e. The van der Waals surface area contributed by atoms with E-state index in [1.807, 2.05) is 30.3 Å². The minimum atomic E-state index is -0.732. The third-order valence-corrected chi connectivity index (χ3v) is 7.80. The molecular weight excluding hydrogens is 480 g/mol. The first-order valence-electron chi connectivity index (χ1n) is 12.1. The maximum atomic E-state index is 13.3. The van der Waals surface area contributed by atoms with Crippen LogP contribution >= 0.6 is 11.6 Å². The molecule has 2 N–H and O–H groups in total. The van der Waals surface area contributed by atoms with E-state index >= 15 is 0 Å². The van der Waals surface area contributed by atoms with Crippen molar-refractivity contribution in [1.82, 2.24) is 20.1 Å². The molecule has 0 aliphatic heterocycles. The second kappa shape index (κ2) is 8.78. The lowest BCUT2D eigenvalue weighted by Crippen LogP contribution is -2.56. The summed E-state index contributed by atoms with van der Waals surface area (Å²) in [5.41, 5.74) is 2.25. The van der Waals surface area contributed by atoms with E-state index < -0.39 is 5.97 Å². The molecule has 0 atom stereocenters. The molecule has 2 aliphatic carbocycles. The number of hydrogen-bond acceptors (Lipinski definition) is 5. The molecule has 1 amide bonds. The average molecular weight is 505 g/mol. The van der Waals surface area contributed by atoms with E-state index in [1.54, 1.807) is 29.2 Å². The first-order valence-corrected chi connectivity index (χ1v) is 12.4. The number of carbonyl (C=O) groups excluding carboxylic acids is 1. The van der Waals surface area contributed by atoms with Gasteiger partial charge in [-0.2, -0.15) is 5.10 Å². The second-order valence-corrected chi connectivity index (χ2v) is 10.5. The molecule has 2 aromatic carbocycles. The summed E-state index contributed by atoms with van der Waals surface area (Å²) in [5, 5.41) is 17.8. The van der Waals surface area contributed by atoms with Crippen LogP contribution in [0, 0.1) is 11.3 Å². The van der Waals surface area contributed by atoms with Gasteiger partial charge in [-0.1, -0.05) is 29.8 Å². The van der Waals surface area contributed by atoms with Crippen LogP contribution in [0.3, 0.4) is 0 Å². The van der Waals surface area contributed by atoms with Crippen LogP contribution in [0.5, 0.6) is 0 Å². The number of oxazole rings is 1. The van der Waals surface area contributed by atoms with E-state index in [4.69, 9.17) is 21.1 Å². The molecule has 36 heavy (non-hydrogen) atoms. The maximum absolute atomic E-state index is 13.3. The molecule has 0 bridgehead atoms. The summed E-state index contributed by atoms with van der Waals surface area (Å²) in [7, 11) is 0. The molecule has 6 rings (SSSR count). The molecule has 4 aromatic rings. The number of fused-ring (bicyclic) bond motifs is 1. The number of amides is 1. The standard InChI is InChI=1S/C27H25ClN4O4/c28-22-7-6-20(25(35)31-18-11-27(12-18)9-16(10-27)8-23(33)34)24-21(22)14-30-32(24)15-19-13-29-26(36-19)17-4-2-1-3-5-17/h1-7,13-14,16,18H,8-12,15H2,(H,31,35)(H,33,34). The highest BCUT2D eigenvalue weighted by Crippen LogP contribution is 2.59. The number of nitrogens with zero attached hydrogens (tertiary/aromatic N) is 3. The molecule has 8 nitrogen and oxygen atoms in total. The van der Waals surface area contributed by atoms with Crippen LogP contribution in [0.4, 0.5) is 0 Å². The summed E-state index contributed by atoms with van der Waals surface area (Å²) >= 11 is 6.43. The Kier molecular flexibility index (Phi) is 5.56. The number of halogens is 1. The Hall–Kier alpha value is -3.65. The summed E-state index contributed by atoms with van der Waals surface area (Å²) in [5.74, 6) is 0.514. The molecule has 2 saturated carbocycles. The van der Waals surface area contributed by atoms with Crippen molar-refractivity contribution in [3.05, 3.63) is 71.2 Å². The molecule has 0 saturated heterocycles. The predicted molar refractivity (Wildman–Crippen MR) is 134 cm³/mol. The fourth-order valence-electron chi connectivity index (χ4n) is 5.96. The van der Waals surface area contributed by atoms with Crippen molar-refractivity contribution < 1.29 is 19.1 Å². The number of benzene rings is 2. The van der Waals surface area contributed by atoms with Gasteiger partial charge in [-0.05, 0) is 61.3 Å². The van der Waals surface area contributed by atoms with E-state index in [9.17, 15) is 9.59 Å². The zero-order chi connectivity index (χ0) is 24.9. The van der Waals surface area contributed by atoms with Gasteiger partial charge in [0.1, 0.15) is 12.3 Å². The first kappa shape index (κ1) is 22.8. The highest BCUT2D eigenvalue weighted by molar-refractivity contribution is 6.36. The fourth-order valence-corrected chi connectivity index (χ4v) is 6.16.